The van der Waals surface area contributed by atoms with Crippen LogP contribution in [0.1, 0.15) is 29.5 Å². The molecule has 1 spiro atoms. The summed E-state index contributed by atoms with van der Waals surface area (Å²) in [6.07, 6.45) is 3.67. The van der Waals surface area contributed by atoms with Crippen LogP contribution in [0, 0.1) is 0 Å². The summed E-state index contributed by atoms with van der Waals surface area (Å²) in [5.74, 6) is 0.498. The highest BCUT2D eigenvalue weighted by Crippen LogP contribution is 2.44. The molecule has 2 atom stereocenters. The number of aliphatic imine (C=N–C) groups is 1. The Balaban J connectivity index is 1.97. The molecule has 0 aromatic carbocycles. The van der Waals surface area contributed by atoms with E-state index in [1.165, 1.54) is 0 Å². The summed E-state index contributed by atoms with van der Waals surface area (Å²) in [4.78, 5) is 18.7. The molecule has 88 valence electrons. The first kappa shape index (κ1) is 9.09. The van der Waals surface area contributed by atoms with E-state index >= 15 is 0 Å². The van der Waals surface area contributed by atoms with Crippen molar-refractivity contribution in [2.45, 2.75) is 24.7 Å². The fourth-order valence-electron chi connectivity index (χ4n) is 3.30. The van der Waals surface area contributed by atoms with E-state index in [0.717, 1.165) is 19.4 Å². The molecule has 0 aliphatic carbocycles. The molecule has 17 heavy (non-hydrogen) atoms. The maximum absolute atomic E-state index is 12.4. The molecule has 6 nitrogen and oxygen atoms in total. The van der Waals surface area contributed by atoms with Crippen LogP contribution in [0.3, 0.4) is 0 Å². The van der Waals surface area contributed by atoms with Gasteiger partial charge in [0.05, 0.1) is 0 Å². The van der Waals surface area contributed by atoms with E-state index < -0.39 is 5.66 Å². The predicted octanol–water partition coefficient (Wildman–Crippen LogP) is -0.150. The Hall–Kier alpha value is -1.98. The van der Waals surface area contributed by atoms with Gasteiger partial charge < -0.3 is 20.5 Å². The second kappa shape index (κ2) is 2.64. The zero-order valence-electron chi connectivity index (χ0n) is 9.26. The lowest BCUT2D eigenvalue weighted by atomic mass is 10.0. The van der Waals surface area contributed by atoms with E-state index in [0.29, 0.717) is 11.7 Å². The molecule has 0 unspecified atom stereocenters. The maximum atomic E-state index is 12.4. The van der Waals surface area contributed by atoms with Gasteiger partial charge in [-0.2, -0.15) is 0 Å². The number of nitrogens with one attached hydrogen (secondary N) is 1. The minimum Gasteiger partial charge on any atom is -0.370 e. The van der Waals surface area contributed by atoms with Gasteiger partial charge in [-0.25, -0.2) is 4.99 Å². The van der Waals surface area contributed by atoms with Crippen LogP contribution in [0.15, 0.2) is 23.3 Å². The van der Waals surface area contributed by atoms with E-state index in [2.05, 4.69) is 10.3 Å². The second-order valence-electron chi connectivity index (χ2n) is 4.80. The number of carbonyl (C=O) groups excluding carboxylic acids is 1. The third kappa shape index (κ3) is 0.878. The molecule has 4 rings (SSSR count). The second-order valence-corrected chi connectivity index (χ2v) is 4.80. The van der Waals surface area contributed by atoms with Crippen LogP contribution in [0.4, 0.5) is 0 Å². The van der Waals surface area contributed by atoms with Crippen molar-refractivity contribution in [3.63, 3.8) is 0 Å². The fourth-order valence-corrected chi connectivity index (χ4v) is 3.30. The standard InChI is InChI=1S/C11H13N5O/c12-10-13-9-11(14-10)4-2-6-16(11)8(17)7-3-1-5-15(7)9/h1,3,5,9H,2,4,6H2,(H3,12,13,14)/t9-,11+/m0/s1. The SMILES string of the molecule is NC1=N[C@H]2n3cccc3C(=O)N3CCC[C@]23N1. The van der Waals surface area contributed by atoms with Crippen LogP contribution in [0.25, 0.3) is 0 Å². The Morgan fingerprint density at radius 1 is 1.59 bits per heavy atom. The molecular weight excluding hydrogens is 218 g/mol. The van der Waals surface area contributed by atoms with Crippen molar-refractivity contribution >= 4 is 11.9 Å². The lowest BCUT2D eigenvalue weighted by molar-refractivity contribution is 0.0327. The molecule has 0 radical (unpaired) electrons. The third-order valence-electron chi connectivity index (χ3n) is 3.96. The molecule has 4 heterocycles. The topological polar surface area (TPSA) is 75.6 Å². The van der Waals surface area contributed by atoms with Gasteiger partial charge in [-0.05, 0) is 25.0 Å². The van der Waals surface area contributed by atoms with Crippen molar-refractivity contribution in [3.05, 3.63) is 24.0 Å². The van der Waals surface area contributed by atoms with Gasteiger partial charge in [0.15, 0.2) is 17.8 Å². The molecular formula is C11H13N5O. The van der Waals surface area contributed by atoms with E-state index in [1.807, 2.05) is 27.8 Å². The van der Waals surface area contributed by atoms with E-state index in [-0.39, 0.29) is 12.1 Å². The van der Waals surface area contributed by atoms with Crippen LogP contribution < -0.4 is 11.1 Å². The quantitative estimate of drug-likeness (QED) is 0.652. The number of amides is 1. The van der Waals surface area contributed by atoms with Crippen molar-refractivity contribution in [1.82, 2.24) is 14.8 Å². The Bertz CT molecular complexity index is 548. The highest BCUT2D eigenvalue weighted by molar-refractivity contribution is 5.96. The van der Waals surface area contributed by atoms with Crippen LogP contribution in [-0.4, -0.2) is 33.5 Å². The van der Waals surface area contributed by atoms with Crippen molar-refractivity contribution in [2.75, 3.05) is 6.54 Å². The molecule has 1 aromatic heterocycles. The van der Waals surface area contributed by atoms with E-state index in [9.17, 15) is 4.79 Å². The van der Waals surface area contributed by atoms with Crippen LogP contribution in [-0.2, 0) is 0 Å². The first-order chi connectivity index (χ1) is 8.22. The molecule has 1 aromatic rings. The van der Waals surface area contributed by atoms with Gasteiger partial charge in [0, 0.05) is 12.7 Å². The van der Waals surface area contributed by atoms with Crippen molar-refractivity contribution < 1.29 is 4.79 Å². The summed E-state index contributed by atoms with van der Waals surface area (Å²) in [6, 6.07) is 3.72. The molecule has 1 saturated heterocycles. The zero-order valence-corrected chi connectivity index (χ0v) is 9.26. The fraction of sp³-hybridized carbons (Fsp3) is 0.455. The minimum absolute atomic E-state index is 0.0705. The number of guanidine groups is 1. The number of nitrogens with two attached hydrogens (primary N) is 1. The average molecular weight is 231 g/mol. The van der Waals surface area contributed by atoms with E-state index in [1.54, 1.807) is 0 Å². The van der Waals surface area contributed by atoms with Crippen molar-refractivity contribution in [2.24, 2.45) is 10.7 Å². The molecule has 3 N–H and O–H groups in total. The third-order valence-corrected chi connectivity index (χ3v) is 3.96. The molecule has 1 amide bonds. The number of hydrogen-bond donors (Lipinski definition) is 2. The predicted molar refractivity (Wildman–Crippen MR) is 61.2 cm³/mol. The van der Waals surface area contributed by atoms with Gasteiger partial charge >= 0.3 is 0 Å². The lowest BCUT2D eigenvalue weighted by Gasteiger charge is -2.43. The average Bonchev–Trinajstić information content (AvgIpc) is 2.96. The number of nitrogens with zero attached hydrogens (tertiary/aromatic N) is 3. The summed E-state index contributed by atoms with van der Waals surface area (Å²) in [5.41, 5.74) is 6.08. The Kier molecular flexibility index (Phi) is 1.41. The van der Waals surface area contributed by atoms with Gasteiger partial charge in [0.1, 0.15) is 5.69 Å². The Morgan fingerprint density at radius 2 is 2.47 bits per heavy atom. The summed E-state index contributed by atoms with van der Waals surface area (Å²) in [6.45, 7) is 0.774. The smallest absolute Gasteiger partial charge is 0.272 e. The first-order valence-electron chi connectivity index (χ1n) is 5.83. The highest BCUT2D eigenvalue weighted by atomic mass is 16.2. The monoisotopic (exact) mass is 231 g/mol. The summed E-state index contributed by atoms with van der Waals surface area (Å²) >= 11 is 0. The molecule has 3 aliphatic rings. The van der Waals surface area contributed by atoms with Gasteiger partial charge in [0.25, 0.3) is 5.91 Å². The summed E-state index contributed by atoms with van der Waals surface area (Å²) in [7, 11) is 0. The van der Waals surface area contributed by atoms with Gasteiger partial charge in [0.2, 0.25) is 0 Å². The van der Waals surface area contributed by atoms with Gasteiger partial charge in [-0.3, -0.25) is 4.79 Å². The Morgan fingerprint density at radius 3 is 3.35 bits per heavy atom. The van der Waals surface area contributed by atoms with Crippen molar-refractivity contribution in [1.29, 1.82) is 0 Å². The highest BCUT2D eigenvalue weighted by Gasteiger charge is 2.57. The minimum atomic E-state index is -0.423. The summed E-state index contributed by atoms with van der Waals surface area (Å²) in [5, 5.41) is 3.20. The van der Waals surface area contributed by atoms with Crippen LogP contribution in [0.5, 0.6) is 0 Å². The molecule has 3 aliphatic heterocycles. The molecule has 0 saturated carbocycles. The zero-order chi connectivity index (χ0) is 11.6. The first-order valence-corrected chi connectivity index (χ1v) is 5.83. The Labute approximate surface area is 98.1 Å². The summed E-state index contributed by atoms with van der Waals surface area (Å²) < 4.78 is 1.93. The largest absolute Gasteiger partial charge is 0.370 e. The van der Waals surface area contributed by atoms with Crippen LogP contribution in [0.2, 0.25) is 0 Å². The molecule has 6 heteroatoms. The van der Waals surface area contributed by atoms with Gasteiger partial charge in [-0.1, -0.05) is 0 Å². The lowest BCUT2D eigenvalue weighted by Crippen LogP contribution is -2.63. The normalized spacial score (nSPS) is 33.9. The number of aromatic nitrogens is 1. The van der Waals surface area contributed by atoms with Gasteiger partial charge in [-0.15, -0.1) is 0 Å². The number of rotatable bonds is 0. The molecule has 0 bridgehead atoms. The van der Waals surface area contributed by atoms with Crippen molar-refractivity contribution in [3.8, 4) is 0 Å². The number of carbonyl (C=O) groups is 1. The number of hydrogen-bond acceptors (Lipinski definition) is 4. The van der Waals surface area contributed by atoms with E-state index in [4.69, 9.17) is 5.73 Å². The molecule has 1 fully saturated rings. The maximum Gasteiger partial charge on any atom is 0.272 e. The number of fused-ring (bicyclic) bond motifs is 2. The van der Waals surface area contributed by atoms with Crippen LogP contribution >= 0.6 is 0 Å².